The van der Waals surface area contributed by atoms with E-state index in [2.05, 4.69) is 22.7 Å². The van der Waals surface area contributed by atoms with Crippen LogP contribution in [0.5, 0.6) is 5.75 Å². The first-order chi connectivity index (χ1) is 9.20. The summed E-state index contributed by atoms with van der Waals surface area (Å²) in [5.74, 6) is 2.04. The van der Waals surface area contributed by atoms with Crippen LogP contribution in [0.25, 0.3) is 11.3 Å². The van der Waals surface area contributed by atoms with Crippen LogP contribution < -0.4 is 15.9 Å². The summed E-state index contributed by atoms with van der Waals surface area (Å²) in [7, 11) is 1.62. The number of benzene rings is 1. The maximum absolute atomic E-state index is 5.64. The fraction of sp³-hybridized carbons (Fsp3) is 0.0769. The lowest BCUT2D eigenvalue weighted by atomic mass is 10.1. The van der Waals surface area contributed by atoms with E-state index < -0.39 is 0 Å². The quantitative estimate of drug-likeness (QED) is 0.508. The van der Waals surface area contributed by atoms with Crippen LogP contribution >= 0.6 is 12.2 Å². The fourth-order valence-corrected chi connectivity index (χ4v) is 1.63. The first-order valence-electron chi connectivity index (χ1n) is 5.52. The van der Waals surface area contributed by atoms with Crippen LogP contribution in [0.4, 0.5) is 0 Å². The molecule has 5 nitrogen and oxygen atoms in total. The Balaban J connectivity index is 2.21. The average Bonchev–Trinajstić information content (AvgIpc) is 2.87. The van der Waals surface area contributed by atoms with Crippen LogP contribution in [0.15, 0.2) is 45.9 Å². The van der Waals surface area contributed by atoms with E-state index in [0.717, 1.165) is 11.3 Å². The van der Waals surface area contributed by atoms with Crippen LogP contribution in [-0.2, 0) is 0 Å². The minimum atomic E-state index is 0.104. The Morgan fingerprint density at radius 3 is 2.89 bits per heavy atom. The van der Waals surface area contributed by atoms with Crippen molar-refractivity contribution in [1.82, 2.24) is 5.43 Å². The number of rotatable bonds is 4. The minimum Gasteiger partial charge on any atom is -0.496 e. The van der Waals surface area contributed by atoms with E-state index in [-0.39, 0.29) is 5.11 Å². The second-order valence-corrected chi connectivity index (χ2v) is 4.08. The van der Waals surface area contributed by atoms with Crippen LogP contribution in [0.1, 0.15) is 5.76 Å². The summed E-state index contributed by atoms with van der Waals surface area (Å²) in [4.78, 5) is 0. The molecule has 0 radical (unpaired) electrons. The lowest BCUT2D eigenvalue weighted by molar-refractivity contribution is 0.414. The fourth-order valence-electron chi connectivity index (χ4n) is 1.57. The van der Waals surface area contributed by atoms with Crippen molar-refractivity contribution in [1.29, 1.82) is 0 Å². The summed E-state index contributed by atoms with van der Waals surface area (Å²) >= 11 is 4.63. The topological polar surface area (TPSA) is 72.8 Å². The van der Waals surface area contributed by atoms with Gasteiger partial charge in [-0.2, -0.15) is 5.10 Å². The number of ether oxygens (including phenoxy) is 1. The molecule has 98 valence electrons. The van der Waals surface area contributed by atoms with Gasteiger partial charge in [-0.3, -0.25) is 5.43 Å². The van der Waals surface area contributed by atoms with Crippen molar-refractivity contribution in [2.75, 3.05) is 7.11 Å². The van der Waals surface area contributed by atoms with Gasteiger partial charge in [0, 0.05) is 0 Å². The molecular weight excluding hydrogens is 262 g/mol. The Labute approximate surface area is 116 Å². The van der Waals surface area contributed by atoms with Crippen molar-refractivity contribution < 1.29 is 9.15 Å². The Bertz CT molecular complexity index is 607. The normalized spacial score (nSPS) is 10.6. The molecule has 0 saturated carbocycles. The van der Waals surface area contributed by atoms with Gasteiger partial charge >= 0.3 is 0 Å². The third kappa shape index (κ3) is 3.32. The van der Waals surface area contributed by atoms with E-state index in [1.54, 1.807) is 13.2 Å². The molecule has 0 bridgehead atoms. The number of hydrazone groups is 1. The average molecular weight is 275 g/mol. The number of methoxy groups -OCH3 is 1. The molecule has 3 N–H and O–H groups in total. The molecular formula is C13H13N3O2S. The van der Waals surface area contributed by atoms with Crippen molar-refractivity contribution in [2.45, 2.75) is 0 Å². The van der Waals surface area contributed by atoms with E-state index in [4.69, 9.17) is 14.9 Å². The van der Waals surface area contributed by atoms with Gasteiger partial charge in [-0.25, -0.2) is 0 Å². The lowest BCUT2D eigenvalue weighted by Crippen LogP contribution is -2.23. The van der Waals surface area contributed by atoms with Crippen LogP contribution in [0.2, 0.25) is 0 Å². The van der Waals surface area contributed by atoms with Gasteiger partial charge in [-0.15, -0.1) is 0 Å². The monoisotopic (exact) mass is 275 g/mol. The molecule has 1 aromatic heterocycles. The smallest absolute Gasteiger partial charge is 0.184 e. The molecule has 0 aliphatic rings. The maximum Gasteiger partial charge on any atom is 0.184 e. The molecule has 0 fully saturated rings. The van der Waals surface area contributed by atoms with Crippen molar-refractivity contribution >= 4 is 23.5 Å². The van der Waals surface area contributed by atoms with E-state index in [1.807, 2.05) is 30.3 Å². The highest BCUT2D eigenvalue weighted by atomic mass is 32.1. The highest BCUT2D eigenvalue weighted by Crippen LogP contribution is 2.30. The van der Waals surface area contributed by atoms with Gasteiger partial charge < -0.3 is 14.9 Å². The highest BCUT2D eigenvalue weighted by Gasteiger charge is 2.08. The van der Waals surface area contributed by atoms with E-state index in [1.165, 1.54) is 6.21 Å². The van der Waals surface area contributed by atoms with Gasteiger partial charge in [0.05, 0.1) is 18.9 Å². The Morgan fingerprint density at radius 1 is 1.37 bits per heavy atom. The molecule has 2 aromatic rings. The molecule has 0 aliphatic carbocycles. The molecule has 0 aliphatic heterocycles. The Morgan fingerprint density at radius 2 is 2.16 bits per heavy atom. The SMILES string of the molecule is COc1ccccc1-c1ccc(/C=N\NC(N)=S)o1. The zero-order chi connectivity index (χ0) is 13.7. The van der Waals surface area contributed by atoms with Gasteiger partial charge in [-0.05, 0) is 36.5 Å². The van der Waals surface area contributed by atoms with Crippen molar-refractivity contribution in [3.63, 3.8) is 0 Å². The summed E-state index contributed by atoms with van der Waals surface area (Å²) < 4.78 is 10.9. The molecule has 0 unspecified atom stereocenters. The van der Waals surface area contributed by atoms with Crippen LogP contribution in [-0.4, -0.2) is 18.4 Å². The predicted molar refractivity (Wildman–Crippen MR) is 78.2 cm³/mol. The second-order valence-electron chi connectivity index (χ2n) is 3.64. The summed E-state index contributed by atoms with van der Waals surface area (Å²) in [5.41, 5.74) is 8.59. The van der Waals surface area contributed by atoms with Gasteiger partial charge in [0.1, 0.15) is 17.3 Å². The summed E-state index contributed by atoms with van der Waals surface area (Å²) in [5, 5.41) is 3.93. The van der Waals surface area contributed by atoms with Crippen molar-refractivity contribution in [3.8, 4) is 17.1 Å². The Hall–Kier alpha value is -2.34. The van der Waals surface area contributed by atoms with Crippen LogP contribution in [0, 0.1) is 0 Å². The third-order valence-electron chi connectivity index (χ3n) is 2.37. The molecule has 6 heteroatoms. The van der Waals surface area contributed by atoms with Crippen molar-refractivity contribution in [2.24, 2.45) is 10.8 Å². The number of nitrogens with two attached hydrogens (primary N) is 1. The number of thiocarbonyl (C=S) groups is 1. The van der Waals surface area contributed by atoms with Gasteiger partial charge in [-0.1, -0.05) is 12.1 Å². The highest BCUT2D eigenvalue weighted by molar-refractivity contribution is 7.80. The van der Waals surface area contributed by atoms with E-state index in [0.29, 0.717) is 11.5 Å². The zero-order valence-corrected chi connectivity index (χ0v) is 11.1. The molecule has 0 saturated heterocycles. The third-order valence-corrected chi connectivity index (χ3v) is 2.46. The number of para-hydroxylation sites is 1. The van der Waals surface area contributed by atoms with E-state index >= 15 is 0 Å². The maximum atomic E-state index is 5.64. The predicted octanol–water partition coefficient (Wildman–Crippen LogP) is 2.12. The molecule has 2 rings (SSSR count). The standard InChI is InChI=1S/C13H13N3O2S/c1-17-11-5-3-2-4-10(11)12-7-6-9(18-12)8-15-16-13(14)19/h2-8H,1H3,(H3,14,16,19)/b15-8-. The number of hydrogen-bond acceptors (Lipinski definition) is 4. The molecule has 1 heterocycles. The summed E-state index contributed by atoms with van der Waals surface area (Å²) in [6.45, 7) is 0. The lowest BCUT2D eigenvalue weighted by Gasteiger charge is -2.04. The zero-order valence-electron chi connectivity index (χ0n) is 10.3. The number of nitrogens with one attached hydrogen (secondary N) is 1. The molecule has 1 aromatic carbocycles. The molecule has 0 atom stereocenters. The van der Waals surface area contributed by atoms with Crippen molar-refractivity contribution in [3.05, 3.63) is 42.2 Å². The summed E-state index contributed by atoms with van der Waals surface area (Å²) in [6.07, 6.45) is 1.50. The van der Waals surface area contributed by atoms with Gasteiger partial charge in [0.15, 0.2) is 5.11 Å². The summed E-state index contributed by atoms with van der Waals surface area (Å²) in [6, 6.07) is 11.3. The first kappa shape index (κ1) is 13.1. The molecule has 19 heavy (non-hydrogen) atoms. The van der Waals surface area contributed by atoms with Gasteiger partial charge in [0.2, 0.25) is 0 Å². The largest absolute Gasteiger partial charge is 0.496 e. The minimum absolute atomic E-state index is 0.104. The molecule has 0 amide bonds. The van der Waals surface area contributed by atoms with E-state index in [9.17, 15) is 0 Å². The number of nitrogens with zero attached hydrogens (tertiary/aromatic N) is 1. The van der Waals surface area contributed by atoms with Crippen LogP contribution in [0.3, 0.4) is 0 Å². The number of hydrogen-bond donors (Lipinski definition) is 2. The second kappa shape index (κ2) is 6.01. The Kier molecular flexibility index (Phi) is 4.15. The molecule has 0 spiro atoms. The first-order valence-corrected chi connectivity index (χ1v) is 5.93. The van der Waals surface area contributed by atoms with Gasteiger partial charge in [0.25, 0.3) is 0 Å². The number of furan rings is 1.